The van der Waals surface area contributed by atoms with Crippen LogP contribution in [-0.4, -0.2) is 34.5 Å². The van der Waals surface area contributed by atoms with Crippen LogP contribution in [-0.2, 0) is 14.9 Å². The zero-order valence-corrected chi connectivity index (χ0v) is 8.44. The minimum Gasteiger partial charge on any atom is -0.467 e. The van der Waals surface area contributed by atoms with Crippen molar-refractivity contribution in [3.8, 4) is 0 Å². The molecule has 0 aliphatic heterocycles. The maximum atomic E-state index is 11.1. The Morgan fingerprint density at radius 3 is 2.79 bits per heavy atom. The van der Waals surface area contributed by atoms with Gasteiger partial charge in [0.05, 0.1) is 7.11 Å². The molecule has 0 spiro atoms. The van der Waals surface area contributed by atoms with E-state index in [-0.39, 0.29) is 0 Å². The molecule has 5 nitrogen and oxygen atoms in total. The maximum Gasteiger partial charge on any atom is 0.335 e. The first kappa shape index (κ1) is 10.7. The third-order valence-electron chi connectivity index (χ3n) is 2.30. The Balaban J connectivity index is 2.90. The Labute approximate surface area is 82.1 Å². The molecule has 14 heavy (non-hydrogen) atoms. The van der Waals surface area contributed by atoms with Crippen molar-refractivity contribution < 1.29 is 14.6 Å². The van der Waals surface area contributed by atoms with Gasteiger partial charge in [0.2, 0.25) is 0 Å². The molecule has 1 atom stereocenters. The zero-order valence-electron chi connectivity index (χ0n) is 8.44. The van der Waals surface area contributed by atoms with E-state index in [1.165, 1.54) is 7.11 Å². The highest BCUT2D eigenvalue weighted by Gasteiger charge is 2.37. The monoisotopic (exact) mass is 198 g/mol. The van der Waals surface area contributed by atoms with E-state index in [1.54, 1.807) is 26.1 Å². The van der Waals surface area contributed by atoms with E-state index in [0.717, 1.165) is 0 Å². The highest BCUT2D eigenvalue weighted by Crippen LogP contribution is 2.25. The minimum absolute atomic E-state index is 0.649. The summed E-state index contributed by atoms with van der Waals surface area (Å²) in [5.41, 5.74) is -0.0424. The summed E-state index contributed by atoms with van der Waals surface area (Å²) in [6.07, 6.45) is 0.370. The molecule has 0 aromatic carbocycles. The van der Waals surface area contributed by atoms with Crippen molar-refractivity contribution in [2.75, 3.05) is 7.11 Å². The smallest absolute Gasteiger partial charge is 0.335 e. The highest BCUT2D eigenvalue weighted by atomic mass is 16.5. The molecule has 1 aromatic rings. The lowest BCUT2D eigenvalue weighted by Crippen LogP contribution is -2.40. The molecule has 1 aromatic heterocycles. The number of esters is 1. The third kappa shape index (κ3) is 1.77. The number of aliphatic hydroxyl groups is 1. The summed E-state index contributed by atoms with van der Waals surface area (Å²) in [4.78, 5) is 11.1. The van der Waals surface area contributed by atoms with Crippen LogP contribution in [0.2, 0.25) is 0 Å². The van der Waals surface area contributed by atoms with Gasteiger partial charge in [-0.05, 0) is 6.07 Å². The molecule has 0 saturated heterocycles. The Kier molecular flexibility index (Phi) is 2.90. The van der Waals surface area contributed by atoms with E-state index in [9.17, 15) is 9.90 Å². The Hall–Kier alpha value is -1.36. The van der Waals surface area contributed by atoms with E-state index >= 15 is 0 Å². The number of aliphatic hydroxyl groups excluding tert-OH is 1. The average Bonchev–Trinajstić information content (AvgIpc) is 2.68. The molecule has 0 aliphatic carbocycles. The molecule has 1 unspecified atom stereocenters. The van der Waals surface area contributed by atoms with Crippen molar-refractivity contribution >= 4 is 5.97 Å². The molecular formula is C9H14N2O3. The summed E-state index contributed by atoms with van der Waals surface area (Å²) in [6, 6.07) is 1.71. The predicted molar refractivity (Wildman–Crippen MR) is 49.6 cm³/mol. The normalized spacial score (nSPS) is 13.7. The summed E-state index contributed by atoms with van der Waals surface area (Å²) in [7, 11) is 1.24. The number of H-pyrrole nitrogens is 1. The van der Waals surface area contributed by atoms with Gasteiger partial charge in [-0.3, -0.25) is 5.10 Å². The average molecular weight is 198 g/mol. The number of methoxy groups -OCH3 is 1. The molecule has 1 rings (SSSR count). The van der Waals surface area contributed by atoms with Gasteiger partial charge in [-0.1, -0.05) is 13.8 Å². The molecule has 5 heteroatoms. The number of rotatable bonds is 3. The fourth-order valence-corrected chi connectivity index (χ4v) is 1.17. The standard InChI is InChI=1S/C9H14N2O3/c1-9(2,6-4-5-10-11-6)7(12)8(13)14-3/h4-5,7,12H,1-3H3,(H,10,11). The van der Waals surface area contributed by atoms with Gasteiger partial charge >= 0.3 is 5.97 Å². The predicted octanol–water partition coefficient (Wildman–Crippen LogP) is 0.221. The zero-order chi connectivity index (χ0) is 10.8. The molecule has 0 bridgehead atoms. The minimum atomic E-state index is -1.20. The van der Waals surface area contributed by atoms with Gasteiger partial charge in [0.25, 0.3) is 0 Å². The van der Waals surface area contributed by atoms with Gasteiger partial charge in [-0.15, -0.1) is 0 Å². The number of nitrogens with zero attached hydrogens (tertiary/aromatic N) is 1. The van der Waals surface area contributed by atoms with E-state index in [1.807, 2.05) is 0 Å². The van der Waals surface area contributed by atoms with Crippen molar-refractivity contribution in [3.63, 3.8) is 0 Å². The SMILES string of the molecule is COC(=O)C(O)C(C)(C)c1ccn[nH]1. The fraction of sp³-hybridized carbons (Fsp3) is 0.556. The third-order valence-corrected chi connectivity index (χ3v) is 2.30. The van der Waals surface area contributed by atoms with Gasteiger partial charge in [0.15, 0.2) is 6.10 Å². The van der Waals surface area contributed by atoms with E-state index in [2.05, 4.69) is 14.9 Å². The Morgan fingerprint density at radius 1 is 1.71 bits per heavy atom. The van der Waals surface area contributed by atoms with Crippen LogP contribution < -0.4 is 0 Å². The number of aromatic nitrogens is 2. The van der Waals surface area contributed by atoms with Gasteiger partial charge in [-0.25, -0.2) is 4.79 Å². The molecule has 1 heterocycles. The van der Waals surface area contributed by atoms with Crippen LogP contribution in [0.4, 0.5) is 0 Å². The van der Waals surface area contributed by atoms with Crippen LogP contribution in [0, 0.1) is 0 Å². The van der Waals surface area contributed by atoms with Gasteiger partial charge in [0, 0.05) is 17.3 Å². The molecule has 0 aliphatic rings. The molecule has 0 fully saturated rings. The largest absolute Gasteiger partial charge is 0.467 e. The summed E-state index contributed by atoms with van der Waals surface area (Å²) in [5.74, 6) is -0.649. The lowest BCUT2D eigenvalue weighted by molar-refractivity contribution is -0.153. The second kappa shape index (κ2) is 3.79. The van der Waals surface area contributed by atoms with Gasteiger partial charge in [0.1, 0.15) is 0 Å². The number of carbonyl (C=O) groups excluding carboxylic acids is 1. The summed E-state index contributed by atoms with van der Waals surface area (Å²) in [6.45, 7) is 3.48. The van der Waals surface area contributed by atoms with E-state index in [4.69, 9.17) is 0 Å². The topological polar surface area (TPSA) is 75.2 Å². The molecule has 78 valence electrons. The lowest BCUT2D eigenvalue weighted by atomic mass is 9.83. The number of ether oxygens (including phenoxy) is 1. The molecule has 0 saturated carbocycles. The van der Waals surface area contributed by atoms with Crippen LogP contribution in [0.15, 0.2) is 12.3 Å². The van der Waals surface area contributed by atoms with Crippen molar-refractivity contribution in [2.24, 2.45) is 0 Å². The molecule has 2 N–H and O–H groups in total. The van der Waals surface area contributed by atoms with E-state index in [0.29, 0.717) is 5.69 Å². The summed E-state index contributed by atoms with van der Waals surface area (Å²) >= 11 is 0. The van der Waals surface area contributed by atoms with Crippen LogP contribution in [0.1, 0.15) is 19.5 Å². The van der Waals surface area contributed by atoms with Crippen molar-refractivity contribution in [2.45, 2.75) is 25.4 Å². The first-order valence-corrected chi connectivity index (χ1v) is 4.26. The van der Waals surface area contributed by atoms with Gasteiger partial charge < -0.3 is 9.84 Å². The van der Waals surface area contributed by atoms with Crippen LogP contribution in [0.25, 0.3) is 0 Å². The highest BCUT2D eigenvalue weighted by molar-refractivity contribution is 5.76. The second-order valence-electron chi connectivity index (χ2n) is 3.62. The fourth-order valence-electron chi connectivity index (χ4n) is 1.17. The molecular weight excluding hydrogens is 184 g/mol. The van der Waals surface area contributed by atoms with E-state index < -0.39 is 17.5 Å². The molecule has 0 radical (unpaired) electrons. The molecule has 0 amide bonds. The summed E-state index contributed by atoms with van der Waals surface area (Å²) in [5, 5.41) is 16.2. The second-order valence-corrected chi connectivity index (χ2v) is 3.62. The number of carbonyl (C=O) groups is 1. The van der Waals surface area contributed by atoms with Gasteiger partial charge in [-0.2, -0.15) is 5.10 Å². The number of aromatic amines is 1. The number of hydrogen-bond donors (Lipinski definition) is 2. The number of hydrogen-bond acceptors (Lipinski definition) is 4. The van der Waals surface area contributed by atoms with Crippen molar-refractivity contribution in [1.82, 2.24) is 10.2 Å². The first-order valence-electron chi connectivity index (χ1n) is 4.26. The van der Waals surface area contributed by atoms with Crippen molar-refractivity contribution in [1.29, 1.82) is 0 Å². The quantitative estimate of drug-likeness (QED) is 0.681. The Morgan fingerprint density at radius 2 is 2.36 bits per heavy atom. The summed E-state index contributed by atoms with van der Waals surface area (Å²) < 4.78 is 4.47. The van der Waals surface area contributed by atoms with Crippen LogP contribution >= 0.6 is 0 Å². The lowest BCUT2D eigenvalue weighted by Gasteiger charge is -2.26. The maximum absolute atomic E-state index is 11.1. The van der Waals surface area contributed by atoms with Crippen molar-refractivity contribution in [3.05, 3.63) is 18.0 Å². The first-order chi connectivity index (χ1) is 6.50. The number of nitrogens with one attached hydrogen (secondary N) is 1. The van der Waals surface area contributed by atoms with Crippen LogP contribution in [0.5, 0.6) is 0 Å². The Bertz CT molecular complexity index is 306. The van der Waals surface area contributed by atoms with Crippen LogP contribution in [0.3, 0.4) is 0 Å².